The van der Waals surface area contributed by atoms with Crippen LogP contribution in [0.25, 0.3) is 0 Å². The fourth-order valence-electron chi connectivity index (χ4n) is 3.80. The Morgan fingerprint density at radius 2 is 2.25 bits per heavy atom. The summed E-state index contributed by atoms with van der Waals surface area (Å²) in [5.41, 5.74) is 2.88. The maximum Gasteiger partial charge on any atom is 0.165 e. The van der Waals surface area contributed by atoms with E-state index in [2.05, 4.69) is 31.0 Å². The van der Waals surface area contributed by atoms with Gasteiger partial charge in [-0.2, -0.15) is 0 Å². The number of ether oxygens (including phenoxy) is 2. The number of aryl methyl sites for hydroxylation is 1. The standard InChI is InChI=1S/C17H25NO2/c1-4-6-12-8-9-15(19-3)17-16(12)13-7-5-10-18(2)14(13)11-20-17/h8-9,13-14H,4-7,10-11H2,1-3H3/t13-,14+/m1/s1. The van der Waals surface area contributed by atoms with Crippen molar-refractivity contribution in [3.05, 3.63) is 23.3 Å². The molecule has 0 radical (unpaired) electrons. The quantitative estimate of drug-likeness (QED) is 0.845. The molecule has 0 unspecified atom stereocenters. The van der Waals surface area contributed by atoms with Gasteiger partial charge in [0.25, 0.3) is 0 Å². The molecule has 2 atom stereocenters. The minimum Gasteiger partial charge on any atom is -0.493 e. The number of hydrogen-bond acceptors (Lipinski definition) is 3. The van der Waals surface area contributed by atoms with Gasteiger partial charge in [-0.15, -0.1) is 0 Å². The molecule has 1 aromatic rings. The van der Waals surface area contributed by atoms with Crippen molar-refractivity contribution in [3.8, 4) is 11.5 Å². The zero-order valence-electron chi connectivity index (χ0n) is 12.8. The van der Waals surface area contributed by atoms with Gasteiger partial charge in [0.2, 0.25) is 0 Å². The highest BCUT2D eigenvalue weighted by molar-refractivity contribution is 5.54. The summed E-state index contributed by atoms with van der Waals surface area (Å²) in [7, 11) is 3.96. The number of likely N-dealkylation sites (tertiary alicyclic amines) is 1. The molecule has 20 heavy (non-hydrogen) atoms. The van der Waals surface area contributed by atoms with Gasteiger partial charge in [0.05, 0.1) is 13.2 Å². The lowest BCUT2D eigenvalue weighted by Gasteiger charge is -2.43. The van der Waals surface area contributed by atoms with Gasteiger partial charge in [-0.05, 0) is 44.5 Å². The Bertz CT molecular complexity index is 486. The number of piperidine rings is 1. The van der Waals surface area contributed by atoms with E-state index >= 15 is 0 Å². The van der Waals surface area contributed by atoms with Crippen molar-refractivity contribution in [2.75, 3.05) is 27.3 Å². The van der Waals surface area contributed by atoms with E-state index in [-0.39, 0.29) is 0 Å². The van der Waals surface area contributed by atoms with E-state index in [4.69, 9.17) is 9.47 Å². The van der Waals surface area contributed by atoms with Gasteiger partial charge in [-0.1, -0.05) is 19.4 Å². The third-order valence-corrected chi connectivity index (χ3v) is 4.82. The number of likely N-dealkylation sites (N-methyl/N-ethyl adjacent to an activating group) is 1. The summed E-state index contributed by atoms with van der Waals surface area (Å²) >= 11 is 0. The van der Waals surface area contributed by atoms with E-state index in [9.17, 15) is 0 Å². The SMILES string of the molecule is CCCc1ccc(OC)c2c1[C@@H]1CCCN(C)[C@H]1CO2. The van der Waals surface area contributed by atoms with E-state index in [1.807, 2.05) is 0 Å². The Hall–Kier alpha value is -1.22. The molecule has 0 amide bonds. The van der Waals surface area contributed by atoms with Crippen LogP contribution in [-0.4, -0.2) is 38.3 Å². The summed E-state index contributed by atoms with van der Waals surface area (Å²) < 4.78 is 11.6. The first-order valence-electron chi connectivity index (χ1n) is 7.79. The number of fused-ring (bicyclic) bond motifs is 3. The van der Waals surface area contributed by atoms with Crippen LogP contribution < -0.4 is 9.47 Å². The van der Waals surface area contributed by atoms with Crippen LogP contribution in [0.3, 0.4) is 0 Å². The first-order chi connectivity index (χ1) is 9.76. The van der Waals surface area contributed by atoms with Crippen LogP contribution in [0.1, 0.15) is 43.2 Å². The van der Waals surface area contributed by atoms with Gasteiger partial charge < -0.3 is 9.47 Å². The molecule has 2 heterocycles. The maximum absolute atomic E-state index is 6.11. The van der Waals surface area contributed by atoms with E-state index in [1.165, 1.54) is 36.9 Å². The minimum atomic E-state index is 0.527. The summed E-state index contributed by atoms with van der Waals surface area (Å²) in [6.07, 6.45) is 4.85. The highest BCUT2D eigenvalue weighted by atomic mass is 16.5. The van der Waals surface area contributed by atoms with Crippen molar-refractivity contribution >= 4 is 0 Å². The van der Waals surface area contributed by atoms with Crippen molar-refractivity contribution in [2.45, 2.75) is 44.6 Å². The second-order valence-corrected chi connectivity index (χ2v) is 6.03. The topological polar surface area (TPSA) is 21.7 Å². The Morgan fingerprint density at radius 3 is 3.00 bits per heavy atom. The molecule has 2 aliphatic heterocycles. The fraction of sp³-hybridized carbons (Fsp3) is 0.647. The predicted octanol–water partition coefficient (Wildman–Crippen LogP) is 3.22. The number of benzene rings is 1. The van der Waals surface area contributed by atoms with Crippen molar-refractivity contribution in [1.82, 2.24) is 4.90 Å². The molecule has 2 aliphatic rings. The third kappa shape index (κ3) is 2.18. The molecular weight excluding hydrogens is 250 g/mol. The molecule has 0 aliphatic carbocycles. The van der Waals surface area contributed by atoms with E-state index in [0.29, 0.717) is 12.0 Å². The molecule has 110 valence electrons. The van der Waals surface area contributed by atoms with Crippen LogP contribution in [0.4, 0.5) is 0 Å². The summed E-state index contributed by atoms with van der Waals surface area (Å²) in [5.74, 6) is 2.51. The van der Waals surface area contributed by atoms with Gasteiger partial charge in [0.1, 0.15) is 6.61 Å². The van der Waals surface area contributed by atoms with Crippen LogP contribution in [0.5, 0.6) is 11.5 Å². The summed E-state index contributed by atoms with van der Waals surface area (Å²) in [6.45, 7) is 4.22. The smallest absolute Gasteiger partial charge is 0.165 e. The van der Waals surface area contributed by atoms with Crippen LogP contribution in [0, 0.1) is 0 Å². The van der Waals surface area contributed by atoms with Crippen molar-refractivity contribution in [2.24, 2.45) is 0 Å². The number of rotatable bonds is 3. The molecule has 0 aromatic heterocycles. The van der Waals surface area contributed by atoms with Crippen molar-refractivity contribution in [3.63, 3.8) is 0 Å². The molecule has 0 spiro atoms. The van der Waals surface area contributed by atoms with Gasteiger partial charge in [0.15, 0.2) is 11.5 Å². The maximum atomic E-state index is 6.11. The predicted molar refractivity (Wildman–Crippen MR) is 80.9 cm³/mol. The van der Waals surface area contributed by atoms with Gasteiger partial charge in [-0.25, -0.2) is 0 Å². The highest BCUT2D eigenvalue weighted by Crippen LogP contribution is 2.47. The zero-order chi connectivity index (χ0) is 14.1. The van der Waals surface area contributed by atoms with Crippen molar-refractivity contribution < 1.29 is 9.47 Å². The monoisotopic (exact) mass is 275 g/mol. The van der Waals surface area contributed by atoms with Crippen LogP contribution in [-0.2, 0) is 6.42 Å². The molecule has 3 rings (SSSR count). The fourth-order valence-corrected chi connectivity index (χ4v) is 3.80. The summed E-state index contributed by atoms with van der Waals surface area (Å²) in [6, 6.07) is 4.83. The molecule has 0 bridgehead atoms. The van der Waals surface area contributed by atoms with Crippen LogP contribution >= 0.6 is 0 Å². The van der Waals surface area contributed by atoms with Gasteiger partial charge in [-0.3, -0.25) is 4.90 Å². The highest BCUT2D eigenvalue weighted by Gasteiger charge is 2.38. The average Bonchev–Trinajstić information content (AvgIpc) is 2.47. The second kappa shape index (κ2) is 5.65. The molecule has 0 N–H and O–H groups in total. The van der Waals surface area contributed by atoms with E-state index in [0.717, 1.165) is 24.5 Å². The summed E-state index contributed by atoms with van der Waals surface area (Å²) in [4.78, 5) is 2.46. The number of nitrogens with zero attached hydrogens (tertiary/aromatic N) is 1. The first-order valence-corrected chi connectivity index (χ1v) is 7.79. The van der Waals surface area contributed by atoms with Crippen LogP contribution in [0.15, 0.2) is 12.1 Å². The molecule has 1 fully saturated rings. The first kappa shape index (κ1) is 13.7. The Morgan fingerprint density at radius 1 is 1.40 bits per heavy atom. The summed E-state index contributed by atoms with van der Waals surface area (Å²) in [5, 5.41) is 0. The lowest BCUT2D eigenvalue weighted by atomic mass is 9.79. The number of hydrogen-bond donors (Lipinski definition) is 0. The minimum absolute atomic E-state index is 0.527. The molecule has 3 nitrogen and oxygen atoms in total. The molecular formula is C17H25NO2. The average molecular weight is 275 g/mol. The zero-order valence-corrected chi connectivity index (χ0v) is 12.8. The Kier molecular flexibility index (Phi) is 3.88. The molecule has 1 saturated heterocycles. The Labute approximate surface area is 121 Å². The second-order valence-electron chi connectivity index (χ2n) is 6.03. The lowest BCUT2D eigenvalue weighted by Crippen LogP contribution is -2.47. The largest absolute Gasteiger partial charge is 0.493 e. The number of methoxy groups -OCH3 is 1. The third-order valence-electron chi connectivity index (χ3n) is 4.82. The van der Waals surface area contributed by atoms with Crippen molar-refractivity contribution in [1.29, 1.82) is 0 Å². The van der Waals surface area contributed by atoms with Crippen LogP contribution in [0.2, 0.25) is 0 Å². The van der Waals surface area contributed by atoms with E-state index in [1.54, 1.807) is 7.11 Å². The Balaban J connectivity index is 2.07. The van der Waals surface area contributed by atoms with Gasteiger partial charge in [0, 0.05) is 11.5 Å². The normalized spacial score (nSPS) is 25.6. The van der Waals surface area contributed by atoms with Gasteiger partial charge >= 0.3 is 0 Å². The van der Waals surface area contributed by atoms with E-state index < -0.39 is 0 Å². The lowest BCUT2D eigenvalue weighted by molar-refractivity contribution is 0.0842. The molecule has 1 aromatic carbocycles. The molecule has 0 saturated carbocycles. The molecule has 3 heteroatoms.